The summed E-state index contributed by atoms with van der Waals surface area (Å²) in [6.07, 6.45) is 0. The van der Waals surface area contributed by atoms with Crippen molar-refractivity contribution in [3.63, 3.8) is 0 Å². The van der Waals surface area contributed by atoms with Crippen LogP contribution in [0.25, 0.3) is 0 Å². The largest absolute Gasteiger partial charge is 0.395 e. The van der Waals surface area contributed by atoms with Gasteiger partial charge in [-0.3, -0.25) is 0 Å². The van der Waals surface area contributed by atoms with Gasteiger partial charge in [-0.2, -0.15) is 0 Å². The van der Waals surface area contributed by atoms with Crippen molar-refractivity contribution in [3.8, 4) is 0 Å². The Morgan fingerprint density at radius 2 is 1.18 bits per heavy atom. The van der Waals surface area contributed by atoms with Crippen molar-refractivity contribution < 1.29 is 17.7 Å². The Hall–Kier alpha value is -0.506. The van der Waals surface area contributed by atoms with Crippen molar-refractivity contribution in [1.82, 2.24) is 0 Å². The maximum Gasteiger partial charge on any atom is 0.374 e. The standard InChI is InChI=1S/C16H30O4Si2/c1-6-17-21(5,18-7-2)15-22(19-8-3,20-9-4)16-13-11-10-12-14-16/h10-14H,6-9,15H2,1-5H3. The lowest BCUT2D eigenvalue weighted by molar-refractivity contribution is 0.172. The molecular weight excluding hydrogens is 312 g/mol. The van der Waals surface area contributed by atoms with Gasteiger partial charge in [-0.25, -0.2) is 0 Å². The van der Waals surface area contributed by atoms with Gasteiger partial charge >= 0.3 is 17.1 Å². The Morgan fingerprint density at radius 1 is 0.727 bits per heavy atom. The molecule has 6 heteroatoms. The summed E-state index contributed by atoms with van der Waals surface area (Å²) in [5, 5.41) is 1.15. The van der Waals surface area contributed by atoms with E-state index in [-0.39, 0.29) is 0 Å². The molecule has 0 unspecified atom stereocenters. The highest BCUT2D eigenvalue weighted by molar-refractivity contribution is 6.92. The Bertz CT molecular complexity index is 402. The van der Waals surface area contributed by atoms with E-state index >= 15 is 0 Å². The molecule has 4 nitrogen and oxygen atoms in total. The van der Waals surface area contributed by atoms with Crippen molar-refractivity contribution in [2.24, 2.45) is 0 Å². The molecule has 0 aliphatic carbocycles. The van der Waals surface area contributed by atoms with Crippen molar-refractivity contribution in [2.45, 2.75) is 39.9 Å². The average Bonchev–Trinajstić information content (AvgIpc) is 2.49. The third-order valence-corrected chi connectivity index (χ3v) is 12.4. The van der Waals surface area contributed by atoms with Crippen LogP contribution in [0, 0.1) is 0 Å². The van der Waals surface area contributed by atoms with Crippen LogP contribution in [0.2, 0.25) is 12.2 Å². The van der Waals surface area contributed by atoms with Crippen LogP contribution >= 0.6 is 0 Å². The number of rotatable bonds is 11. The van der Waals surface area contributed by atoms with Crippen molar-refractivity contribution in [1.29, 1.82) is 0 Å². The summed E-state index contributed by atoms with van der Waals surface area (Å²) >= 11 is 0. The van der Waals surface area contributed by atoms with Crippen LogP contribution in [0.4, 0.5) is 0 Å². The lowest BCUT2D eigenvalue weighted by Crippen LogP contribution is -2.60. The molecule has 0 fully saturated rings. The van der Waals surface area contributed by atoms with Crippen molar-refractivity contribution in [3.05, 3.63) is 30.3 Å². The molecule has 0 bridgehead atoms. The first-order chi connectivity index (χ1) is 10.6. The van der Waals surface area contributed by atoms with Gasteiger partial charge in [0.2, 0.25) is 0 Å². The molecule has 0 aromatic heterocycles. The molecule has 0 saturated carbocycles. The molecule has 126 valence electrons. The van der Waals surface area contributed by atoms with Gasteiger partial charge in [0.15, 0.2) is 0 Å². The van der Waals surface area contributed by atoms with Crippen LogP contribution in [0.5, 0.6) is 0 Å². The smallest absolute Gasteiger partial charge is 0.374 e. The van der Waals surface area contributed by atoms with E-state index in [1.54, 1.807) is 0 Å². The summed E-state index contributed by atoms with van der Waals surface area (Å²) in [5.41, 5.74) is 0.743. The first-order valence-corrected chi connectivity index (χ1v) is 12.7. The fourth-order valence-corrected chi connectivity index (χ4v) is 11.9. The van der Waals surface area contributed by atoms with Crippen molar-refractivity contribution >= 4 is 22.3 Å². The number of benzene rings is 1. The van der Waals surface area contributed by atoms with E-state index in [1.807, 2.05) is 45.9 Å². The summed E-state index contributed by atoms with van der Waals surface area (Å²) in [4.78, 5) is 0. The molecule has 0 aliphatic rings. The van der Waals surface area contributed by atoms with Gasteiger partial charge in [0, 0.05) is 32.1 Å². The normalized spacial score (nSPS) is 12.6. The molecule has 1 rings (SSSR count). The minimum Gasteiger partial charge on any atom is -0.395 e. The molecule has 1 aromatic carbocycles. The highest BCUT2D eigenvalue weighted by atomic mass is 28.4. The molecular formula is C16H30O4Si2. The second-order valence-electron chi connectivity index (χ2n) is 5.16. The van der Waals surface area contributed by atoms with Crippen LogP contribution in [0.3, 0.4) is 0 Å². The van der Waals surface area contributed by atoms with Crippen LogP contribution < -0.4 is 5.19 Å². The summed E-state index contributed by atoms with van der Waals surface area (Å²) in [6.45, 7) is 12.7. The van der Waals surface area contributed by atoms with Crippen LogP contribution in [0.15, 0.2) is 30.3 Å². The Kier molecular flexibility index (Phi) is 8.52. The van der Waals surface area contributed by atoms with E-state index in [0.717, 1.165) is 10.9 Å². The Balaban J connectivity index is 3.18. The second-order valence-corrected chi connectivity index (χ2v) is 12.1. The topological polar surface area (TPSA) is 36.9 Å². The van der Waals surface area contributed by atoms with Gasteiger partial charge in [-0.15, -0.1) is 0 Å². The first kappa shape index (κ1) is 19.5. The fraction of sp³-hybridized carbons (Fsp3) is 0.625. The molecule has 0 heterocycles. The predicted molar refractivity (Wildman–Crippen MR) is 94.8 cm³/mol. The average molecular weight is 343 g/mol. The molecule has 0 spiro atoms. The van der Waals surface area contributed by atoms with Crippen LogP contribution in [0.1, 0.15) is 27.7 Å². The summed E-state index contributed by atoms with van der Waals surface area (Å²) in [5.74, 6) is 0. The van der Waals surface area contributed by atoms with Gasteiger partial charge in [-0.05, 0) is 39.4 Å². The van der Waals surface area contributed by atoms with E-state index in [4.69, 9.17) is 17.7 Å². The minimum absolute atomic E-state index is 0.629. The molecule has 22 heavy (non-hydrogen) atoms. The molecule has 1 aromatic rings. The summed E-state index contributed by atoms with van der Waals surface area (Å²) in [6, 6.07) is 10.3. The third kappa shape index (κ3) is 5.29. The van der Waals surface area contributed by atoms with E-state index < -0.39 is 17.1 Å². The van der Waals surface area contributed by atoms with Gasteiger partial charge < -0.3 is 17.7 Å². The number of hydrogen-bond donors (Lipinski definition) is 0. The highest BCUT2D eigenvalue weighted by Gasteiger charge is 2.49. The Morgan fingerprint density at radius 3 is 1.59 bits per heavy atom. The van der Waals surface area contributed by atoms with Crippen LogP contribution in [-0.2, 0) is 17.7 Å². The molecule has 0 radical (unpaired) electrons. The quantitative estimate of drug-likeness (QED) is 0.579. The molecule has 0 amide bonds. The number of hydrogen-bond acceptors (Lipinski definition) is 4. The lowest BCUT2D eigenvalue weighted by Gasteiger charge is -2.36. The first-order valence-electron chi connectivity index (χ1n) is 8.17. The summed E-state index contributed by atoms with van der Waals surface area (Å²) in [7, 11) is -4.90. The van der Waals surface area contributed by atoms with E-state index in [9.17, 15) is 0 Å². The Labute approximate surface area is 137 Å². The molecule has 0 atom stereocenters. The molecule has 0 N–H and O–H groups in total. The lowest BCUT2D eigenvalue weighted by atomic mass is 10.4. The zero-order valence-electron chi connectivity index (χ0n) is 14.6. The third-order valence-electron chi connectivity index (χ3n) is 3.42. The van der Waals surface area contributed by atoms with E-state index in [1.165, 1.54) is 0 Å². The minimum atomic E-state index is -2.57. The second kappa shape index (κ2) is 9.59. The van der Waals surface area contributed by atoms with E-state index in [2.05, 4.69) is 18.7 Å². The zero-order chi connectivity index (χ0) is 16.5. The monoisotopic (exact) mass is 342 g/mol. The van der Waals surface area contributed by atoms with Gasteiger partial charge in [0.05, 0.1) is 0 Å². The SMILES string of the molecule is CCO[Si](C)(C[Si](OCC)(OCC)c1ccccc1)OCC. The maximum absolute atomic E-state index is 6.24. The summed E-state index contributed by atoms with van der Waals surface area (Å²) < 4.78 is 24.5. The van der Waals surface area contributed by atoms with E-state index in [0.29, 0.717) is 26.4 Å². The fourth-order valence-electron chi connectivity index (χ4n) is 2.75. The van der Waals surface area contributed by atoms with Crippen LogP contribution in [-0.4, -0.2) is 43.5 Å². The molecule has 0 aliphatic heterocycles. The predicted octanol–water partition coefficient (Wildman–Crippen LogP) is 3.09. The van der Waals surface area contributed by atoms with Gasteiger partial charge in [0.1, 0.15) is 0 Å². The van der Waals surface area contributed by atoms with Gasteiger partial charge in [-0.1, -0.05) is 30.3 Å². The molecule has 0 saturated heterocycles. The zero-order valence-corrected chi connectivity index (χ0v) is 16.6. The highest BCUT2D eigenvalue weighted by Crippen LogP contribution is 2.24. The maximum atomic E-state index is 6.24. The van der Waals surface area contributed by atoms with Gasteiger partial charge in [0.25, 0.3) is 0 Å². The van der Waals surface area contributed by atoms with Crippen molar-refractivity contribution in [2.75, 3.05) is 26.4 Å².